The first-order valence-corrected chi connectivity index (χ1v) is 9.41. The van der Waals surface area contributed by atoms with E-state index in [0.29, 0.717) is 10.7 Å². The number of aromatic nitrogens is 4. The molecule has 0 bridgehead atoms. The zero-order valence-electron chi connectivity index (χ0n) is 14.7. The summed E-state index contributed by atoms with van der Waals surface area (Å²) >= 11 is 1.27. The molecule has 0 unspecified atom stereocenters. The molecular weight excluding hydrogens is 360 g/mol. The van der Waals surface area contributed by atoms with E-state index in [1.54, 1.807) is 23.8 Å². The third kappa shape index (κ3) is 3.95. The fraction of sp³-hybridized carbons (Fsp3) is 0.158. The number of amides is 1. The number of fused-ring (bicyclic) bond motifs is 1. The molecule has 136 valence electrons. The fourth-order valence-electron chi connectivity index (χ4n) is 2.86. The van der Waals surface area contributed by atoms with Crippen LogP contribution in [0.4, 0.5) is 10.9 Å². The van der Waals surface area contributed by atoms with Gasteiger partial charge in [0.05, 0.1) is 5.56 Å². The van der Waals surface area contributed by atoms with Crippen LogP contribution in [0.2, 0.25) is 0 Å². The highest BCUT2D eigenvalue weighted by Gasteiger charge is 2.09. The third-order valence-corrected chi connectivity index (χ3v) is 4.84. The molecule has 0 spiro atoms. The highest BCUT2D eigenvalue weighted by Crippen LogP contribution is 2.20. The van der Waals surface area contributed by atoms with Crippen molar-refractivity contribution in [2.75, 3.05) is 17.2 Å². The van der Waals surface area contributed by atoms with Crippen molar-refractivity contribution < 1.29 is 4.79 Å². The SMILES string of the molecule is Cc1ccc2c(CCNc3ccc(C(=O)Nc4nncs4)cn3)c[nH]c2c1. The fourth-order valence-corrected chi connectivity index (χ4v) is 3.30. The molecule has 1 amide bonds. The molecule has 0 aliphatic rings. The van der Waals surface area contributed by atoms with Crippen molar-refractivity contribution >= 4 is 39.1 Å². The largest absolute Gasteiger partial charge is 0.370 e. The van der Waals surface area contributed by atoms with Gasteiger partial charge in [0, 0.05) is 29.8 Å². The molecule has 0 atom stereocenters. The number of hydrogen-bond donors (Lipinski definition) is 3. The maximum atomic E-state index is 12.1. The molecule has 0 aliphatic heterocycles. The van der Waals surface area contributed by atoms with Crippen LogP contribution in [-0.4, -0.2) is 32.6 Å². The first-order valence-electron chi connectivity index (χ1n) is 8.53. The number of hydrogen-bond acceptors (Lipinski definition) is 6. The summed E-state index contributed by atoms with van der Waals surface area (Å²) in [4.78, 5) is 19.7. The lowest BCUT2D eigenvalue weighted by Gasteiger charge is -2.06. The van der Waals surface area contributed by atoms with Crippen molar-refractivity contribution in [1.82, 2.24) is 20.2 Å². The molecule has 3 N–H and O–H groups in total. The van der Waals surface area contributed by atoms with Crippen LogP contribution < -0.4 is 10.6 Å². The third-order valence-electron chi connectivity index (χ3n) is 4.23. The normalized spacial score (nSPS) is 10.9. The van der Waals surface area contributed by atoms with Crippen molar-refractivity contribution in [3.05, 3.63) is 64.9 Å². The highest BCUT2D eigenvalue weighted by molar-refractivity contribution is 7.13. The summed E-state index contributed by atoms with van der Waals surface area (Å²) in [7, 11) is 0. The van der Waals surface area contributed by atoms with Gasteiger partial charge >= 0.3 is 0 Å². The van der Waals surface area contributed by atoms with Crippen LogP contribution in [0.15, 0.2) is 48.2 Å². The van der Waals surface area contributed by atoms with Gasteiger partial charge in [0.15, 0.2) is 0 Å². The van der Waals surface area contributed by atoms with E-state index in [2.05, 4.69) is 62.1 Å². The van der Waals surface area contributed by atoms with E-state index in [-0.39, 0.29) is 5.91 Å². The van der Waals surface area contributed by atoms with E-state index in [1.165, 1.54) is 27.8 Å². The first kappa shape index (κ1) is 17.2. The van der Waals surface area contributed by atoms with E-state index in [0.717, 1.165) is 24.3 Å². The van der Waals surface area contributed by atoms with Gasteiger partial charge in [0.25, 0.3) is 5.91 Å². The molecular formula is C19H18N6OS. The van der Waals surface area contributed by atoms with E-state index in [9.17, 15) is 4.79 Å². The van der Waals surface area contributed by atoms with Crippen LogP contribution in [0, 0.1) is 6.92 Å². The maximum absolute atomic E-state index is 12.1. The van der Waals surface area contributed by atoms with Crippen LogP contribution >= 0.6 is 11.3 Å². The monoisotopic (exact) mass is 378 g/mol. The van der Waals surface area contributed by atoms with E-state index in [4.69, 9.17) is 0 Å². The minimum atomic E-state index is -0.250. The topological polar surface area (TPSA) is 95.6 Å². The number of H-pyrrole nitrogens is 1. The van der Waals surface area contributed by atoms with Crippen molar-refractivity contribution in [2.45, 2.75) is 13.3 Å². The van der Waals surface area contributed by atoms with E-state index < -0.39 is 0 Å². The van der Waals surface area contributed by atoms with E-state index in [1.807, 2.05) is 0 Å². The highest BCUT2D eigenvalue weighted by atomic mass is 32.1. The van der Waals surface area contributed by atoms with Crippen molar-refractivity contribution in [1.29, 1.82) is 0 Å². The van der Waals surface area contributed by atoms with Crippen LogP contribution in [0.1, 0.15) is 21.5 Å². The molecule has 0 saturated carbocycles. The van der Waals surface area contributed by atoms with Gasteiger partial charge in [-0.05, 0) is 42.7 Å². The number of nitrogens with one attached hydrogen (secondary N) is 3. The summed E-state index contributed by atoms with van der Waals surface area (Å²) in [5, 5.41) is 15.2. The van der Waals surface area contributed by atoms with Crippen LogP contribution in [0.3, 0.4) is 0 Å². The molecule has 4 rings (SSSR count). The molecule has 1 aromatic carbocycles. The summed E-state index contributed by atoms with van der Waals surface area (Å²) in [5.41, 5.74) is 5.71. The number of rotatable bonds is 6. The van der Waals surface area contributed by atoms with Crippen LogP contribution in [-0.2, 0) is 6.42 Å². The van der Waals surface area contributed by atoms with Gasteiger partial charge < -0.3 is 10.3 Å². The molecule has 0 radical (unpaired) electrons. The van der Waals surface area contributed by atoms with Gasteiger partial charge in [-0.15, -0.1) is 10.2 Å². The first-order chi connectivity index (χ1) is 13.2. The molecule has 8 heteroatoms. The molecule has 3 heterocycles. The number of nitrogens with zero attached hydrogens (tertiary/aromatic N) is 3. The van der Waals surface area contributed by atoms with E-state index >= 15 is 0 Å². The van der Waals surface area contributed by atoms with Crippen molar-refractivity contribution in [2.24, 2.45) is 0 Å². The van der Waals surface area contributed by atoms with Crippen molar-refractivity contribution in [3.8, 4) is 0 Å². The molecule has 4 aromatic rings. The number of carbonyl (C=O) groups is 1. The Morgan fingerprint density at radius 2 is 2.19 bits per heavy atom. The Morgan fingerprint density at radius 3 is 2.96 bits per heavy atom. The number of benzene rings is 1. The summed E-state index contributed by atoms with van der Waals surface area (Å²) in [6, 6.07) is 9.97. The summed E-state index contributed by atoms with van der Waals surface area (Å²) in [5.74, 6) is 0.484. The Morgan fingerprint density at radius 1 is 1.26 bits per heavy atom. The quantitative estimate of drug-likeness (QED) is 0.476. The smallest absolute Gasteiger partial charge is 0.259 e. The van der Waals surface area contributed by atoms with Gasteiger partial charge in [-0.1, -0.05) is 23.5 Å². The van der Waals surface area contributed by atoms with Crippen LogP contribution in [0.25, 0.3) is 10.9 Å². The Labute approximate surface area is 159 Å². The lowest BCUT2D eigenvalue weighted by Crippen LogP contribution is -2.13. The minimum Gasteiger partial charge on any atom is -0.370 e. The lowest BCUT2D eigenvalue weighted by molar-refractivity contribution is 0.102. The number of anilines is 2. The number of pyridine rings is 1. The molecule has 7 nitrogen and oxygen atoms in total. The second-order valence-electron chi connectivity index (χ2n) is 6.17. The minimum absolute atomic E-state index is 0.250. The van der Waals surface area contributed by atoms with Gasteiger partial charge in [0.2, 0.25) is 5.13 Å². The molecule has 3 aromatic heterocycles. The number of aryl methyl sites for hydroxylation is 1. The van der Waals surface area contributed by atoms with Gasteiger partial charge in [-0.2, -0.15) is 0 Å². The Hall–Kier alpha value is -3.26. The zero-order chi connectivity index (χ0) is 18.6. The molecule has 27 heavy (non-hydrogen) atoms. The second-order valence-corrected chi connectivity index (χ2v) is 7.00. The van der Waals surface area contributed by atoms with Crippen LogP contribution in [0.5, 0.6) is 0 Å². The predicted molar refractivity (Wildman–Crippen MR) is 107 cm³/mol. The molecule has 0 saturated heterocycles. The van der Waals surface area contributed by atoms with Gasteiger partial charge in [0.1, 0.15) is 11.3 Å². The standard InChI is InChI=1S/C19H18N6OS/c1-12-2-4-15-13(9-21-16(15)8-12)6-7-20-17-5-3-14(10-22-17)18(26)24-19-25-23-11-27-19/h2-5,8-11,21H,6-7H2,1H3,(H,20,22)(H,24,25,26). The summed E-state index contributed by atoms with van der Waals surface area (Å²) in [6.45, 7) is 2.84. The maximum Gasteiger partial charge on any atom is 0.259 e. The zero-order valence-corrected chi connectivity index (χ0v) is 15.5. The molecule has 0 fully saturated rings. The van der Waals surface area contributed by atoms with Gasteiger partial charge in [-0.3, -0.25) is 10.1 Å². The number of aromatic amines is 1. The summed E-state index contributed by atoms with van der Waals surface area (Å²) < 4.78 is 0. The van der Waals surface area contributed by atoms with Crippen molar-refractivity contribution in [3.63, 3.8) is 0 Å². The predicted octanol–water partition coefficient (Wildman–Crippen LogP) is 3.63. The second kappa shape index (κ2) is 7.55. The Bertz CT molecular complexity index is 1060. The Balaban J connectivity index is 1.34. The Kier molecular flexibility index (Phi) is 4.80. The molecule has 0 aliphatic carbocycles. The lowest BCUT2D eigenvalue weighted by atomic mass is 10.1. The number of carbonyl (C=O) groups excluding carboxylic acids is 1. The average Bonchev–Trinajstić information content (AvgIpc) is 3.32. The average molecular weight is 378 g/mol. The van der Waals surface area contributed by atoms with Gasteiger partial charge in [-0.25, -0.2) is 4.98 Å². The summed E-state index contributed by atoms with van der Waals surface area (Å²) in [6.07, 6.45) is 4.48.